The molecule has 0 aliphatic carbocycles. The Morgan fingerprint density at radius 1 is 1.62 bits per heavy atom. The second-order valence-corrected chi connectivity index (χ2v) is 4.65. The van der Waals surface area contributed by atoms with Gasteiger partial charge in [-0.2, -0.15) is 4.31 Å². The maximum absolute atomic E-state index is 11.3. The van der Waals surface area contributed by atoms with Crippen LogP contribution in [0.3, 0.4) is 0 Å². The zero-order chi connectivity index (χ0) is 10.1. The first-order chi connectivity index (χ1) is 5.99. The number of hydrogen-bond donors (Lipinski definition) is 1. The summed E-state index contributed by atoms with van der Waals surface area (Å²) in [5, 5.41) is 9.49. The van der Waals surface area contributed by atoms with E-state index in [1.165, 1.54) is 0 Å². The average Bonchev–Trinajstić information content (AvgIpc) is 2.52. The van der Waals surface area contributed by atoms with E-state index in [1.54, 1.807) is 0 Å². The highest BCUT2D eigenvalue weighted by Crippen LogP contribution is 2.21. The van der Waals surface area contributed by atoms with Crippen molar-refractivity contribution in [3.63, 3.8) is 0 Å². The molecule has 5 nitrogen and oxygen atoms in total. The Hall–Kier alpha value is -0.880. The van der Waals surface area contributed by atoms with E-state index >= 15 is 0 Å². The Balaban J connectivity index is 2.93. The van der Waals surface area contributed by atoms with Crippen molar-refractivity contribution < 1.29 is 18.3 Å². The molecule has 1 unspecified atom stereocenters. The van der Waals surface area contributed by atoms with Crippen LogP contribution in [0.4, 0.5) is 0 Å². The standard InChI is InChI=1S/C7H11NO4S/c1-2-13(11,12)8-5-3-4-6(8)7(9)10/h2,6H,1,3-5H2,(H,9,10). The molecule has 1 rings (SSSR count). The van der Waals surface area contributed by atoms with Gasteiger partial charge in [0.25, 0.3) is 0 Å². The van der Waals surface area contributed by atoms with Crippen LogP contribution < -0.4 is 0 Å². The summed E-state index contributed by atoms with van der Waals surface area (Å²) in [6, 6.07) is -0.914. The number of nitrogens with zero attached hydrogens (tertiary/aromatic N) is 1. The zero-order valence-corrected chi connectivity index (χ0v) is 7.83. The van der Waals surface area contributed by atoms with Crippen molar-refractivity contribution in [3.8, 4) is 0 Å². The fraction of sp³-hybridized carbons (Fsp3) is 0.571. The molecule has 1 N–H and O–H groups in total. The highest BCUT2D eigenvalue weighted by atomic mass is 32.2. The topological polar surface area (TPSA) is 74.7 Å². The minimum absolute atomic E-state index is 0.269. The molecule has 0 spiro atoms. The third-order valence-corrected chi connectivity index (χ3v) is 3.54. The van der Waals surface area contributed by atoms with Gasteiger partial charge in [-0.15, -0.1) is 0 Å². The summed E-state index contributed by atoms with van der Waals surface area (Å²) in [7, 11) is -3.58. The molecule has 1 heterocycles. The van der Waals surface area contributed by atoms with Gasteiger partial charge in [-0.1, -0.05) is 6.58 Å². The molecule has 13 heavy (non-hydrogen) atoms. The van der Waals surface area contributed by atoms with Gasteiger partial charge in [0.1, 0.15) is 6.04 Å². The Labute approximate surface area is 76.7 Å². The summed E-state index contributed by atoms with van der Waals surface area (Å²) in [5.41, 5.74) is 0. The molecule has 0 bridgehead atoms. The Morgan fingerprint density at radius 3 is 2.69 bits per heavy atom. The number of carboxylic acid groups (broad SMARTS) is 1. The fourth-order valence-corrected chi connectivity index (χ4v) is 2.51. The minimum Gasteiger partial charge on any atom is -0.480 e. The van der Waals surface area contributed by atoms with E-state index in [1.807, 2.05) is 0 Å². The van der Waals surface area contributed by atoms with Crippen LogP contribution >= 0.6 is 0 Å². The van der Waals surface area contributed by atoms with Gasteiger partial charge in [-0.25, -0.2) is 8.42 Å². The molecule has 1 aliphatic rings. The number of hydrogen-bond acceptors (Lipinski definition) is 3. The molecule has 1 atom stereocenters. The Bertz CT molecular complexity index is 321. The molecule has 0 saturated carbocycles. The summed E-state index contributed by atoms with van der Waals surface area (Å²) >= 11 is 0. The van der Waals surface area contributed by atoms with Gasteiger partial charge in [0, 0.05) is 12.0 Å². The van der Waals surface area contributed by atoms with E-state index in [2.05, 4.69) is 6.58 Å². The molecule has 0 aromatic rings. The first-order valence-electron chi connectivity index (χ1n) is 3.86. The lowest BCUT2D eigenvalue weighted by molar-refractivity contribution is -0.140. The van der Waals surface area contributed by atoms with Crippen molar-refractivity contribution in [2.45, 2.75) is 18.9 Å². The third-order valence-electron chi connectivity index (χ3n) is 2.03. The fourth-order valence-electron chi connectivity index (χ4n) is 1.39. The van der Waals surface area contributed by atoms with Crippen LogP contribution in [0, 0.1) is 0 Å². The molecule has 74 valence electrons. The van der Waals surface area contributed by atoms with E-state index in [9.17, 15) is 13.2 Å². The lowest BCUT2D eigenvalue weighted by Crippen LogP contribution is -2.39. The first-order valence-corrected chi connectivity index (χ1v) is 5.36. The summed E-state index contributed by atoms with van der Waals surface area (Å²) < 4.78 is 23.5. The molecule has 6 heteroatoms. The second kappa shape index (κ2) is 3.47. The van der Waals surface area contributed by atoms with Crippen molar-refractivity contribution in [2.75, 3.05) is 6.54 Å². The quantitative estimate of drug-likeness (QED) is 0.704. The van der Waals surface area contributed by atoms with Crippen LogP contribution in [0.1, 0.15) is 12.8 Å². The second-order valence-electron chi connectivity index (χ2n) is 2.82. The lowest BCUT2D eigenvalue weighted by Gasteiger charge is -2.17. The minimum atomic E-state index is -3.58. The smallest absolute Gasteiger partial charge is 0.322 e. The summed E-state index contributed by atoms with van der Waals surface area (Å²) in [6.07, 6.45) is 0.965. The van der Waals surface area contributed by atoms with Crippen LogP contribution in [-0.2, 0) is 14.8 Å². The Morgan fingerprint density at radius 2 is 2.23 bits per heavy atom. The van der Waals surface area contributed by atoms with Crippen molar-refractivity contribution in [3.05, 3.63) is 12.0 Å². The van der Waals surface area contributed by atoms with E-state index < -0.39 is 22.0 Å². The molecular formula is C7H11NO4S. The highest BCUT2D eigenvalue weighted by Gasteiger charge is 2.36. The normalized spacial score (nSPS) is 24.5. The molecule has 1 aliphatic heterocycles. The third kappa shape index (κ3) is 1.89. The summed E-state index contributed by atoms with van der Waals surface area (Å²) in [5.74, 6) is -1.09. The molecule has 0 amide bonds. The molecule has 0 aromatic carbocycles. The van der Waals surface area contributed by atoms with Gasteiger partial charge in [-0.05, 0) is 12.8 Å². The van der Waals surface area contributed by atoms with E-state index in [0.29, 0.717) is 12.8 Å². The van der Waals surface area contributed by atoms with E-state index in [0.717, 1.165) is 9.71 Å². The molecule has 0 aromatic heterocycles. The summed E-state index contributed by atoms with van der Waals surface area (Å²) in [4.78, 5) is 10.6. The number of rotatable bonds is 3. The molecular weight excluding hydrogens is 194 g/mol. The number of aliphatic carboxylic acids is 1. The largest absolute Gasteiger partial charge is 0.480 e. The number of carbonyl (C=O) groups is 1. The Kier molecular flexibility index (Phi) is 2.72. The molecule has 1 fully saturated rings. The maximum atomic E-state index is 11.3. The summed E-state index contributed by atoms with van der Waals surface area (Å²) in [6.45, 7) is 3.42. The zero-order valence-electron chi connectivity index (χ0n) is 7.01. The predicted octanol–water partition coefficient (Wildman–Crippen LogP) is 0.00870. The van der Waals surface area contributed by atoms with Gasteiger partial charge in [0.2, 0.25) is 10.0 Å². The van der Waals surface area contributed by atoms with Crippen LogP contribution in [0.15, 0.2) is 12.0 Å². The SMILES string of the molecule is C=CS(=O)(=O)N1CCCC1C(=O)O. The van der Waals surface area contributed by atoms with Crippen LogP contribution in [0.25, 0.3) is 0 Å². The van der Waals surface area contributed by atoms with E-state index in [4.69, 9.17) is 5.11 Å². The van der Waals surface area contributed by atoms with Gasteiger partial charge in [0.05, 0.1) is 0 Å². The van der Waals surface area contributed by atoms with Crippen molar-refractivity contribution >= 4 is 16.0 Å². The van der Waals surface area contributed by atoms with Crippen molar-refractivity contribution in [1.82, 2.24) is 4.31 Å². The van der Waals surface area contributed by atoms with Gasteiger partial charge >= 0.3 is 5.97 Å². The monoisotopic (exact) mass is 205 g/mol. The van der Waals surface area contributed by atoms with Crippen LogP contribution in [-0.4, -0.2) is 36.4 Å². The van der Waals surface area contributed by atoms with Gasteiger partial charge in [-0.3, -0.25) is 4.79 Å². The predicted molar refractivity (Wildman–Crippen MR) is 46.5 cm³/mol. The first kappa shape index (κ1) is 10.2. The lowest BCUT2D eigenvalue weighted by atomic mass is 10.2. The number of sulfonamides is 1. The molecule has 0 radical (unpaired) electrons. The van der Waals surface area contributed by atoms with Crippen molar-refractivity contribution in [1.29, 1.82) is 0 Å². The maximum Gasteiger partial charge on any atom is 0.322 e. The van der Waals surface area contributed by atoms with Crippen molar-refractivity contribution in [2.24, 2.45) is 0 Å². The van der Waals surface area contributed by atoms with E-state index in [-0.39, 0.29) is 6.54 Å². The van der Waals surface area contributed by atoms with Gasteiger partial charge < -0.3 is 5.11 Å². The van der Waals surface area contributed by atoms with Gasteiger partial charge in [0.15, 0.2) is 0 Å². The molecule has 1 saturated heterocycles. The van der Waals surface area contributed by atoms with Crippen LogP contribution in [0.2, 0.25) is 0 Å². The van der Waals surface area contributed by atoms with Crippen LogP contribution in [0.5, 0.6) is 0 Å². The highest BCUT2D eigenvalue weighted by molar-refractivity contribution is 7.92. The number of carboxylic acids is 1. The average molecular weight is 205 g/mol.